The molecule has 0 aliphatic heterocycles. The zero-order valence-corrected chi connectivity index (χ0v) is 25.4. The Morgan fingerprint density at radius 1 is 0.860 bits per heavy atom. The number of carbonyl (C=O) groups excluding carboxylic acids is 2. The van der Waals surface area contributed by atoms with Gasteiger partial charge in [-0.15, -0.1) is 0 Å². The number of nitrogens with zero attached hydrogens (tertiary/aromatic N) is 1. The Kier molecular flexibility index (Phi) is 11.8. The number of alkyl carbamates (subject to hydrolysis) is 1. The van der Waals surface area contributed by atoms with Crippen LogP contribution in [0.5, 0.6) is 0 Å². The third kappa shape index (κ3) is 10.0. The highest BCUT2D eigenvalue weighted by molar-refractivity contribution is 5.94. The van der Waals surface area contributed by atoms with Gasteiger partial charge in [0.2, 0.25) is 5.91 Å². The summed E-state index contributed by atoms with van der Waals surface area (Å²) in [6.07, 6.45) is 2.81. The lowest BCUT2D eigenvalue weighted by molar-refractivity contribution is -0.119. The van der Waals surface area contributed by atoms with Gasteiger partial charge in [0, 0.05) is 30.1 Å². The molecule has 4 rings (SSSR count). The van der Waals surface area contributed by atoms with Crippen molar-refractivity contribution in [2.45, 2.75) is 39.2 Å². The minimum atomic E-state index is -0.453. The zero-order valence-electron chi connectivity index (χ0n) is 25.4. The number of hydrogen-bond donors (Lipinski definition) is 2. The average Bonchev–Trinajstić information content (AvgIpc) is 3.02. The number of hydrogen-bond acceptors (Lipinski definition) is 4. The fourth-order valence-corrected chi connectivity index (χ4v) is 4.85. The monoisotopic (exact) mass is 575 g/mol. The van der Waals surface area contributed by atoms with Crippen molar-refractivity contribution in [3.05, 3.63) is 113 Å². The van der Waals surface area contributed by atoms with Crippen LogP contribution in [0.4, 0.5) is 10.5 Å². The van der Waals surface area contributed by atoms with Gasteiger partial charge in [0.25, 0.3) is 0 Å². The van der Waals surface area contributed by atoms with Crippen molar-refractivity contribution in [3.63, 3.8) is 0 Å². The van der Waals surface area contributed by atoms with E-state index in [-0.39, 0.29) is 18.4 Å². The molecule has 2 N–H and O–H groups in total. The van der Waals surface area contributed by atoms with E-state index in [1.807, 2.05) is 67.6 Å². The van der Waals surface area contributed by atoms with Gasteiger partial charge in [-0.25, -0.2) is 4.79 Å². The van der Waals surface area contributed by atoms with E-state index in [9.17, 15) is 9.59 Å². The maximum atomic E-state index is 13.0. The van der Waals surface area contributed by atoms with Gasteiger partial charge in [0.05, 0.1) is 0 Å². The van der Waals surface area contributed by atoms with Crippen LogP contribution in [0.3, 0.4) is 0 Å². The van der Waals surface area contributed by atoms with Gasteiger partial charge in [-0.1, -0.05) is 91.6 Å². The van der Waals surface area contributed by atoms with Crippen molar-refractivity contribution >= 4 is 28.5 Å². The van der Waals surface area contributed by atoms with Crippen LogP contribution in [-0.4, -0.2) is 44.1 Å². The summed E-state index contributed by atoms with van der Waals surface area (Å²) in [5, 5.41) is 7.98. The minimum Gasteiger partial charge on any atom is -0.445 e. The molecule has 0 aromatic heterocycles. The van der Waals surface area contributed by atoms with E-state index in [1.165, 1.54) is 5.56 Å². The number of fused-ring (bicyclic) bond motifs is 1. The third-order valence-electron chi connectivity index (χ3n) is 7.24. The molecule has 0 saturated carbocycles. The normalized spacial score (nSPS) is 11.4. The van der Waals surface area contributed by atoms with Gasteiger partial charge in [0.15, 0.2) is 0 Å². The van der Waals surface area contributed by atoms with E-state index in [2.05, 4.69) is 71.8 Å². The molecule has 0 aliphatic rings. The maximum absolute atomic E-state index is 13.0. The first-order valence-electron chi connectivity index (χ1n) is 14.9. The second-order valence-corrected chi connectivity index (χ2v) is 11.1. The lowest BCUT2D eigenvalue weighted by atomic mass is 9.93. The fourth-order valence-electron chi connectivity index (χ4n) is 4.85. The van der Waals surface area contributed by atoms with Crippen LogP contribution >= 0.6 is 0 Å². The summed E-state index contributed by atoms with van der Waals surface area (Å²) in [6, 6.07) is 30.0. The molecule has 4 aromatic rings. The van der Waals surface area contributed by atoms with Gasteiger partial charge in [-0.2, -0.15) is 0 Å². The van der Waals surface area contributed by atoms with E-state index in [0.717, 1.165) is 52.5 Å². The summed E-state index contributed by atoms with van der Waals surface area (Å²) < 4.78 is 5.24. The number of benzene rings is 4. The smallest absolute Gasteiger partial charge is 0.407 e. The summed E-state index contributed by atoms with van der Waals surface area (Å²) in [5.74, 6) is 6.22. The van der Waals surface area contributed by atoms with Gasteiger partial charge >= 0.3 is 6.09 Å². The first-order chi connectivity index (χ1) is 20.9. The molecule has 222 valence electrons. The molecule has 6 heteroatoms. The summed E-state index contributed by atoms with van der Waals surface area (Å²) >= 11 is 0. The Labute approximate surface area is 255 Å². The second-order valence-electron chi connectivity index (χ2n) is 11.1. The Morgan fingerprint density at radius 2 is 1.58 bits per heavy atom. The largest absolute Gasteiger partial charge is 0.445 e. The van der Waals surface area contributed by atoms with E-state index >= 15 is 0 Å². The van der Waals surface area contributed by atoms with Gasteiger partial charge in [-0.3, -0.25) is 4.79 Å². The molecule has 0 aliphatic carbocycles. The van der Waals surface area contributed by atoms with E-state index in [0.29, 0.717) is 19.4 Å². The zero-order chi connectivity index (χ0) is 30.4. The summed E-state index contributed by atoms with van der Waals surface area (Å²) in [6.45, 7) is 3.67. The molecule has 0 spiro atoms. The van der Waals surface area contributed by atoms with Crippen LogP contribution in [0.1, 0.15) is 42.0 Å². The Hall–Kier alpha value is -4.60. The first kappa shape index (κ1) is 31.3. The Balaban J connectivity index is 1.29. The van der Waals surface area contributed by atoms with E-state index in [4.69, 9.17) is 4.74 Å². The molecule has 0 fully saturated rings. The van der Waals surface area contributed by atoms with E-state index in [1.54, 1.807) is 0 Å². The summed E-state index contributed by atoms with van der Waals surface area (Å²) in [4.78, 5) is 27.2. The summed E-state index contributed by atoms with van der Waals surface area (Å²) in [5.41, 5.74) is 5.08. The highest BCUT2D eigenvalue weighted by atomic mass is 16.5. The highest BCUT2D eigenvalue weighted by Gasteiger charge is 2.16. The first-order valence-corrected chi connectivity index (χ1v) is 14.9. The van der Waals surface area contributed by atoms with Crippen molar-refractivity contribution in [2.75, 3.05) is 32.5 Å². The van der Waals surface area contributed by atoms with Crippen molar-refractivity contribution in [2.24, 2.45) is 5.92 Å². The van der Waals surface area contributed by atoms with Crippen molar-refractivity contribution in [1.82, 2.24) is 10.2 Å². The number of anilines is 1. The number of aryl methyl sites for hydroxylation is 1. The second kappa shape index (κ2) is 16.1. The quantitative estimate of drug-likeness (QED) is 0.144. The van der Waals surface area contributed by atoms with Crippen molar-refractivity contribution < 1.29 is 14.3 Å². The number of ether oxygens (including phenoxy) is 1. The molecule has 0 radical (unpaired) electrons. The molecule has 2 amide bonds. The topological polar surface area (TPSA) is 70.7 Å². The van der Waals surface area contributed by atoms with Crippen molar-refractivity contribution in [1.29, 1.82) is 0 Å². The van der Waals surface area contributed by atoms with Crippen LogP contribution in [-0.2, 0) is 29.0 Å². The molecule has 0 saturated heterocycles. The summed E-state index contributed by atoms with van der Waals surface area (Å²) in [7, 11) is 4.17. The Bertz CT molecular complexity index is 1550. The molecular weight excluding hydrogens is 534 g/mol. The van der Waals surface area contributed by atoms with Crippen LogP contribution < -0.4 is 10.6 Å². The minimum absolute atomic E-state index is 0.00287. The van der Waals surface area contributed by atoms with Crippen LogP contribution in [0.2, 0.25) is 0 Å². The maximum Gasteiger partial charge on any atom is 0.407 e. The van der Waals surface area contributed by atoms with Crippen molar-refractivity contribution in [3.8, 4) is 11.8 Å². The predicted octanol–water partition coefficient (Wildman–Crippen LogP) is 6.82. The number of amides is 2. The van der Waals surface area contributed by atoms with Gasteiger partial charge in [0.1, 0.15) is 6.61 Å². The van der Waals surface area contributed by atoms with Crippen LogP contribution in [0, 0.1) is 17.8 Å². The molecular formula is C37H41N3O3. The molecule has 4 aromatic carbocycles. The molecule has 6 nitrogen and oxygen atoms in total. The SMILES string of the molecule is C[C@H](Cc1ccc(C#CCCNC(=O)OCc2ccccc2)c2ccccc12)C(=O)Nc1ccc(CCCN(C)C)cc1. The lowest BCUT2D eigenvalue weighted by Gasteiger charge is -2.15. The van der Waals surface area contributed by atoms with Crippen LogP contribution in [0.15, 0.2) is 91.0 Å². The molecule has 0 bridgehead atoms. The third-order valence-corrected chi connectivity index (χ3v) is 7.24. The average molecular weight is 576 g/mol. The van der Waals surface area contributed by atoms with Gasteiger partial charge < -0.3 is 20.3 Å². The predicted molar refractivity (Wildman–Crippen MR) is 175 cm³/mol. The lowest BCUT2D eigenvalue weighted by Crippen LogP contribution is -2.24. The molecule has 43 heavy (non-hydrogen) atoms. The highest BCUT2D eigenvalue weighted by Crippen LogP contribution is 2.25. The number of rotatable bonds is 12. The molecule has 0 unspecified atom stereocenters. The fraction of sp³-hybridized carbons (Fsp3) is 0.297. The van der Waals surface area contributed by atoms with Crippen LogP contribution in [0.25, 0.3) is 10.8 Å². The van der Waals surface area contributed by atoms with Gasteiger partial charge in [-0.05, 0) is 85.6 Å². The molecule has 0 heterocycles. The Morgan fingerprint density at radius 3 is 2.33 bits per heavy atom. The number of nitrogens with one attached hydrogen (secondary N) is 2. The standard InChI is InChI=1S/C37H41N3O3/c1-28(36(41)39-33-22-18-29(19-23-33)14-11-25-40(2)3)26-32-21-20-31(34-16-7-8-17-35(32)34)15-9-10-24-38-37(42)43-27-30-12-5-4-6-13-30/h4-8,12-13,16-23,28H,10-11,14,24-27H2,1-3H3,(H,38,42)(H,39,41)/t28-/m1/s1. The van der Waals surface area contributed by atoms with E-state index < -0.39 is 6.09 Å². The molecule has 1 atom stereocenters. The number of carbonyl (C=O) groups is 2.